The van der Waals surface area contributed by atoms with Crippen LogP contribution in [0, 0.1) is 17.8 Å². The smallest absolute Gasteiger partial charge is 0.240 e. The van der Waals surface area contributed by atoms with Gasteiger partial charge in [0.2, 0.25) is 17.7 Å². The molecule has 6 rings (SSSR count). The first-order valence-electron chi connectivity index (χ1n) is 17.2. The first-order chi connectivity index (χ1) is 23.3. The van der Waals surface area contributed by atoms with Gasteiger partial charge in [0.15, 0.2) is 0 Å². The lowest BCUT2D eigenvalue weighted by Crippen LogP contribution is -2.54. The molecule has 12 heteroatoms. The van der Waals surface area contributed by atoms with Gasteiger partial charge in [-0.1, -0.05) is 25.1 Å². The topological polar surface area (TPSA) is 149 Å². The van der Waals surface area contributed by atoms with E-state index in [1.54, 1.807) is 36.7 Å². The van der Waals surface area contributed by atoms with Gasteiger partial charge in [0.25, 0.3) is 0 Å². The molecule has 0 spiro atoms. The Morgan fingerprint density at radius 3 is 2.60 bits per heavy atom. The van der Waals surface area contributed by atoms with Crippen LogP contribution in [0.3, 0.4) is 0 Å². The number of fused-ring (bicyclic) bond motifs is 1. The Labute approximate surface area is 282 Å². The minimum atomic E-state index is -0.980. The van der Waals surface area contributed by atoms with Gasteiger partial charge in [-0.3, -0.25) is 19.4 Å². The van der Waals surface area contributed by atoms with Crippen LogP contribution in [0.1, 0.15) is 63.4 Å². The van der Waals surface area contributed by atoms with E-state index in [0.717, 1.165) is 63.6 Å². The van der Waals surface area contributed by atoms with Gasteiger partial charge in [-0.15, -0.1) is 0 Å². The Bertz CT molecular complexity index is 1540. The highest BCUT2D eigenvalue weighted by Gasteiger charge is 2.47. The first kappa shape index (κ1) is 33.2. The summed E-state index contributed by atoms with van der Waals surface area (Å²) in [5.41, 5.74) is 7.91. The van der Waals surface area contributed by atoms with Crippen LogP contribution in [0.2, 0.25) is 0 Å². The molecule has 1 aromatic heterocycles. The van der Waals surface area contributed by atoms with Gasteiger partial charge in [-0.2, -0.15) is 5.10 Å². The molecule has 5 aliphatic rings. The maximum Gasteiger partial charge on any atom is 0.240 e. The lowest BCUT2D eigenvalue weighted by Gasteiger charge is -2.54. The molecule has 3 atom stereocenters. The van der Waals surface area contributed by atoms with Crippen molar-refractivity contribution in [2.75, 3.05) is 32.0 Å². The van der Waals surface area contributed by atoms with Gasteiger partial charge >= 0.3 is 0 Å². The average Bonchev–Trinajstić information content (AvgIpc) is 3.09. The fourth-order valence-electron chi connectivity index (χ4n) is 7.63. The summed E-state index contributed by atoms with van der Waals surface area (Å²) in [5.74, 6) is -0.0872. The van der Waals surface area contributed by atoms with Crippen molar-refractivity contribution < 1.29 is 14.4 Å². The number of carbonyl (C=O) groups excluding carboxylic acids is 3. The number of hydrazone groups is 1. The summed E-state index contributed by atoms with van der Waals surface area (Å²) < 4.78 is 0. The minimum absolute atomic E-state index is 0.227. The van der Waals surface area contributed by atoms with Gasteiger partial charge in [0.05, 0.1) is 11.6 Å². The van der Waals surface area contributed by atoms with Crippen molar-refractivity contribution in [3.8, 4) is 0 Å². The van der Waals surface area contributed by atoms with Gasteiger partial charge in [0.1, 0.15) is 17.6 Å². The summed E-state index contributed by atoms with van der Waals surface area (Å²) in [6, 6.07) is 3.33. The van der Waals surface area contributed by atoms with Gasteiger partial charge in [-0.25, -0.2) is 9.98 Å². The molecular formula is C36H47N9O3. The molecule has 4 N–H and O–H groups in total. The zero-order chi connectivity index (χ0) is 33.7. The number of aromatic nitrogens is 1. The molecule has 1 aliphatic carbocycles. The van der Waals surface area contributed by atoms with Crippen LogP contribution in [0.25, 0.3) is 0 Å². The van der Waals surface area contributed by atoms with Gasteiger partial charge < -0.3 is 26.2 Å². The minimum Gasteiger partial charge on any atom is -0.387 e. The van der Waals surface area contributed by atoms with E-state index in [1.807, 2.05) is 11.1 Å². The van der Waals surface area contributed by atoms with Crippen LogP contribution in [-0.4, -0.2) is 82.3 Å². The number of carbonyl (C=O) groups is 3. The molecule has 3 amide bonds. The number of nitrogens with two attached hydrogens (primary N) is 1. The number of amides is 3. The van der Waals surface area contributed by atoms with E-state index in [4.69, 9.17) is 5.73 Å². The molecule has 0 bridgehead atoms. The predicted octanol–water partition coefficient (Wildman–Crippen LogP) is 3.63. The zero-order valence-electron chi connectivity index (χ0n) is 27.8. The maximum absolute atomic E-state index is 13.7. The van der Waals surface area contributed by atoms with Crippen LogP contribution in [-0.2, 0) is 19.9 Å². The maximum atomic E-state index is 13.7. The molecule has 1 saturated carbocycles. The highest BCUT2D eigenvalue weighted by atomic mass is 16.2. The van der Waals surface area contributed by atoms with E-state index >= 15 is 0 Å². The number of aliphatic imine (C=N–C) groups is 1. The number of nitrogens with one attached hydrogen (secondary N) is 2. The number of nitrogens with zero attached hydrogens (tertiary/aromatic N) is 6. The zero-order valence-corrected chi connectivity index (χ0v) is 27.8. The van der Waals surface area contributed by atoms with E-state index in [0.29, 0.717) is 42.9 Å². The van der Waals surface area contributed by atoms with E-state index < -0.39 is 17.4 Å². The number of anilines is 1. The molecule has 2 saturated heterocycles. The van der Waals surface area contributed by atoms with Crippen molar-refractivity contribution in [3.05, 3.63) is 72.9 Å². The van der Waals surface area contributed by atoms with Crippen molar-refractivity contribution in [1.82, 2.24) is 25.1 Å². The summed E-state index contributed by atoms with van der Waals surface area (Å²) in [4.78, 5) is 53.0. The molecule has 5 heterocycles. The average molecular weight is 654 g/mol. The predicted molar refractivity (Wildman–Crippen MR) is 186 cm³/mol. The van der Waals surface area contributed by atoms with E-state index in [2.05, 4.69) is 55.2 Å². The monoisotopic (exact) mass is 653 g/mol. The second-order valence-corrected chi connectivity index (χ2v) is 13.4. The first-order valence-corrected chi connectivity index (χ1v) is 17.2. The van der Waals surface area contributed by atoms with Crippen LogP contribution >= 0.6 is 0 Å². The fraction of sp³-hybridized carbons (Fsp3) is 0.500. The third kappa shape index (κ3) is 6.79. The van der Waals surface area contributed by atoms with E-state index in [1.165, 1.54) is 18.1 Å². The van der Waals surface area contributed by atoms with Crippen molar-refractivity contribution in [1.29, 1.82) is 0 Å². The number of pyridine rings is 1. The second kappa shape index (κ2) is 14.6. The number of hydrogen-bond acceptors (Lipinski definition) is 8. The number of likely N-dealkylation sites (tertiary alicyclic amines) is 1. The quantitative estimate of drug-likeness (QED) is 0.221. The molecule has 0 radical (unpaired) electrons. The Morgan fingerprint density at radius 1 is 1.10 bits per heavy atom. The largest absolute Gasteiger partial charge is 0.387 e. The van der Waals surface area contributed by atoms with E-state index in [9.17, 15) is 14.4 Å². The molecule has 4 aliphatic heterocycles. The Kier molecular flexibility index (Phi) is 10.1. The molecule has 3 unspecified atom stereocenters. The molecule has 1 aromatic rings. The molecule has 3 fully saturated rings. The lowest BCUT2D eigenvalue weighted by molar-refractivity contribution is -0.139. The normalized spacial score (nSPS) is 28.8. The van der Waals surface area contributed by atoms with Crippen molar-refractivity contribution in [2.24, 2.45) is 33.6 Å². The standard InChI is InChI=1S/C36H47N9O3/c1-3-38-30(37)23-36(22-29(43(36)2)25-15-20-44(21-16-25)35(48)26-10-9-11-26)27-13-14-31(40-24-27)42-34(47)32-28-12-5-8-19-45(28)41-18-7-4-6-17-39-33(32)46/h3-4,6-7,13-14,17-18,22,24-26,28,32H,1,5,8-12,15-16,19-21,23H2,2H3,(H2,37,38)(H,39,46)(H,40,42,47)/b7-4-,17-6+,41-18-. The third-order valence-electron chi connectivity index (χ3n) is 10.6. The third-order valence-corrected chi connectivity index (χ3v) is 10.6. The van der Waals surface area contributed by atoms with Crippen LogP contribution in [0.5, 0.6) is 0 Å². The molecule has 254 valence electrons. The highest BCUT2D eigenvalue weighted by Crippen LogP contribution is 2.48. The summed E-state index contributed by atoms with van der Waals surface area (Å²) in [5, 5.41) is 12.1. The SMILES string of the molecule is C=C/N=C(/N)CC1(c2ccc(NC(=O)C3C(=O)N/C=C/C=C\C=N/N4CCCCC34)nc2)C=C(C2CCN(C(=O)C3CCC3)CC2)N1C. The Morgan fingerprint density at radius 2 is 1.92 bits per heavy atom. The number of piperidine rings is 2. The molecule has 0 aromatic carbocycles. The fourth-order valence-corrected chi connectivity index (χ4v) is 7.63. The number of amidine groups is 1. The highest BCUT2D eigenvalue weighted by molar-refractivity contribution is 6.07. The number of allylic oxidation sites excluding steroid dienone is 4. The molecular weight excluding hydrogens is 606 g/mol. The van der Waals surface area contributed by atoms with Crippen molar-refractivity contribution >= 4 is 35.6 Å². The number of hydrogen-bond donors (Lipinski definition) is 3. The van der Waals surface area contributed by atoms with Crippen LogP contribution in [0.4, 0.5) is 5.82 Å². The Hall–Kier alpha value is -4.74. The summed E-state index contributed by atoms with van der Waals surface area (Å²) in [6.45, 7) is 5.95. The molecule has 48 heavy (non-hydrogen) atoms. The lowest BCUT2D eigenvalue weighted by atomic mass is 9.74. The van der Waals surface area contributed by atoms with Gasteiger partial charge in [-0.05, 0) is 69.2 Å². The van der Waals surface area contributed by atoms with Crippen molar-refractivity contribution in [3.63, 3.8) is 0 Å². The Balaban J connectivity index is 1.18. The van der Waals surface area contributed by atoms with Crippen LogP contribution in [0.15, 0.2) is 77.4 Å². The second-order valence-electron chi connectivity index (χ2n) is 13.4. The number of rotatable bonds is 8. The summed E-state index contributed by atoms with van der Waals surface area (Å²) >= 11 is 0. The van der Waals surface area contributed by atoms with Crippen LogP contribution < -0.4 is 16.4 Å². The molecule has 12 nitrogen and oxygen atoms in total. The van der Waals surface area contributed by atoms with Crippen molar-refractivity contribution in [2.45, 2.75) is 69.4 Å². The summed E-state index contributed by atoms with van der Waals surface area (Å²) in [7, 11) is 2.07. The van der Waals surface area contributed by atoms with Gasteiger partial charge in [0, 0.05) is 81.0 Å². The number of likely N-dealkylation sites (N-methyl/N-ethyl adjacent to an activating group) is 1. The van der Waals surface area contributed by atoms with E-state index in [-0.39, 0.29) is 17.9 Å². The summed E-state index contributed by atoms with van der Waals surface area (Å²) in [6.07, 6.45) is 22.0.